The molecule has 0 bridgehead atoms. The van der Waals surface area contributed by atoms with E-state index in [1.807, 2.05) is 40.7 Å². The van der Waals surface area contributed by atoms with Crippen LogP contribution in [0.4, 0.5) is 0 Å². The molecule has 13 rings (SSSR count). The van der Waals surface area contributed by atoms with Crippen molar-refractivity contribution in [3.05, 3.63) is 36.0 Å². The largest absolute Gasteiger partial charge is 0.463 e. The number of aliphatic hydroxyl groups is 22. The Kier molecular flexibility index (Phi) is 31.5. The smallest absolute Gasteiger partial charge is 0.333 e. The summed E-state index contributed by atoms with van der Waals surface area (Å²) in [6.07, 6.45) is -60.6. The van der Waals surface area contributed by atoms with Crippen molar-refractivity contribution in [2.45, 2.75) is 372 Å². The highest BCUT2D eigenvalue weighted by Crippen LogP contribution is 2.76. The molecule has 5 aliphatic carbocycles. The van der Waals surface area contributed by atoms with Gasteiger partial charge in [-0.1, -0.05) is 72.3 Å². The lowest BCUT2D eigenvalue weighted by molar-refractivity contribution is -0.379. The van der Waals surface area contributed by atoms with Crippen molar-refractivity contribution in [3.8, 4) is 0 Å². The number of aliphatic hydroxyl groups excluding tert-OH is 21. The quantitative estimate of drug-likeness (QED) is 0.0126. The summed E-state index contributed by atoms with van der Waals surface area (Å²) in [6.45, 7) is 16.6. The van der Waals surface area contributed by atoms with Crippen LogP contribution in [-0.2, 0) is 99.6 Å². The van der Waals surface area contributed by atoms with Gasteiger partial charge in [0.15, 0.2) is 56.2 Å². The van der Waals surface area contributed by atoms with E-state index in [0.717, 1.165) is 6.92 Å². The van der Waals surface area contributed by atoms with Gasteiger partial charge in [0.05, 0.1) is 70.2 Å². The molecule has 13 aliphatic rings. The Morgan fingerprint density at radius 1 is 0.492 bits per heavy atom. The molecule has 46 atom stereocenters. The van der Waals surface area contributed by atoms with E-state index in [-0.39, 0.29) is 55.9 Å². The number of hydrogen-bond acceptors (Lipinski definition) is 43. The number of fused-ring (bicyclic) bond motifs is 7. The molecule has 0 aromatic carbocycles. The maximum atomic E-state index is 16.3. The van der Waals surface area contributed by atoms with E-state index >= 15 is 4.79 Å². The lowest BCUT2D eigenvalue weighted by atomic mass is 9.32. The van der Waals surface area contributed by atoms with E-state index in [0.29, 0.717) is 31.3 Å². The van der Waals surface area contributed by atoms with Crippen LogP contribution >= 0.6 is 0 Å². The van der Waals surface area contributed by atoms with Crippen LogP contribution in [0.2, 0.25) is 0 Å². The van der Waals surface area contributed by atoms with E-state index in [9.17, 15) is 122 Å². The SMILES string of the molecule is C=CC(C)(O)CC/C=C(\C)C(=O)OC1C(O)C(CO)OC(OC(=O)C23CCC(C)(C)CC2C2=CCC4C5(C)CCC(OC6OC(COC7OCC(O)C(O)C7OC7OC(COC(C)=O)C(O)C(O)C7O)C(O)C(O)C6OC6OCC(O)C(O)C6O)C(C)(C)C5CCC4(C)C2(C)C(O)C3O)C1OC1OCC(OC2OCC(O)C(OC3OCC(O)C(O)C3O)C2O)C(O)C1O. The van der Waals surface area contributed by atoms with Gasteiger partial charge in [0, 0.05) is 17.9 Å². The van der Waals surface area contributed by atoms with E-state index in [1.54, 1.807) is 0 Å². The Bertz CT molecular complexity index is 3840. The number of rotatable bonds is 26. The topological polar surface area (TPSA) is 662 Å². The van der Waals surface area contributed by atoms with Gasteiger partial charge >= 0.3 is 17.9 Å². The van der Waals surface area contributed by atoms with Gasteiger partial charge in [-0.05, 0) is 117 Å². The summed E-state index contributed by atoms with van der Waals surface area (Å²) < 4.78 is 108. The van der Waals surface area contributed by atoms with Crippen LogP contribution in [0.5, 0.6) is 0 Å². The molecule has 8 saturated heterocycles. The molecule has 128 heavy (non-hydrogen) atoms. The molecule has 8 heterocycles. The zero-order chi connectivity index (χ0) is 93.6. The third-order valence-corrected chi connectivity index (χ3v) is 30.4. The van der Waals surface area contributed by atoms with Gasteiger partial charge in [-0.15, -0.1) is 6.58 Å². The summed E-state index contributed by atoms with van der Waals surface area (Å²) in [6, 6.07) is 0. The van der Waals surface area contributed by atoms with Crippen LogP contribution in [0.15, 0.2) is 36.0 Å². The number of allylic oxidation sites excluding steroid dienone is 2. The van der Waals surface area contributed by atoms with E-state index in [4.69, 9.17) is 85.3 Å². The van der Waals surface area contributed by atoms with Gasteiger partial charge in [-0.25, -0.2) is 4.79 Å². The summed E-state index contributed by atoms with van der Waals surface area (Å²) in [7, 11) is 0. The predicted octanol–water partition coefficient (Wildman–Crippen LogP) is -6.82. The van der Waals surface area contributed by atoms with Crippen LogP contribution in [0.25, 0.3) is 0 Å². The van der Waals surface area contributed by atoms with E-state index in [1.165, 1.54) is 26.0 Å². The molecule has 8 aliphatic heterocycles. The molecular weight excluding hydrogens is 1710 g/mol. The molecule has 43 nitrogen and oxygen atoms in total. The van der Waals surface area contributed by atoms with Gasteiger partial charge < -0.3 is 198 Å². The number of hydrogen-bond donors (Lipinski definition) is 22. The van der Waals surface area contributed by atoms with Crippen molar-refractivity contribution in [1.82, 2.24) is 0 Å². The highest BCUT2D eigenvalue weighted by molar-refractivity contribution is 5.88. The minimum atomic E-state index is -2.18. The first-order valence-electron chi connectivity index (χ1n) is 44.1. The third-order valence-electron chi connectivity index (χ3n) is 30.4. The Labute approximate surface area is 738 Å². The van der Waals surface area contributed by atoms with Gasteiger partial charge in [0.1, 0.15) is 165 Å². The molecule has 0 amide bonds. The summed E-state index contributed by atoms with van der Waals surface area (Å²) in [5, 5.41) is 249. The van der Waals surface area contributed by atoms with Gasteiger partial charge in [-0.3, -0.25) is 9.59 Å². The van der Waals surface area contributed by atoms with Gasteiger partial charge in [-0.2, -0.15) is 0 Å². The molecule has 0 aromatic rings. The Hall–Kier alpha value is -3.85. The molecule has 43 heteroatoms. The summed E-state index contributed by atoms with van der Waals surface area (Å²) in [5.74, 6) is -4.45. The van der Waals surface area contributed by atoms with Crippen LogP contribution in [0, 0.1) is 50.2 Å². The zero-order valence-electron chi connectivity index (χ0n) is 73.3. The third kappa shape index (κ3) is 19.3. The second-order valence-corrected chi connectivity index (χ2v) is 39.4. The first-order chi connectivity index (χ1) is 60.0. The lowest BCUT2D eigenvalue weighted by Crippen LogP contribution is -2.73. The lowest BCUT2D eigenvalue weighted by Gasteiger charge is -2.72. The summed E-state index contributed by atoms with van der Waals surface area (Å²) in [4.78, 5) is 42.3. The standard InChI is InChI=1S/C85H134O43/c1-12-81(8,110)19-13-14-33(2)69(108)123-63-54(98)41(25-86)118-77(66(63)127-72-59(103)53(97)44(31-116-72)119-73-61(105)62(40(91)29-114-73)124-70-57(101)48(92)37(88)26-112-70)128-78(109)85-23-22-79(4,5)24-36(85)35-15-16-46-82(9)20-18-47(80(6,7)45(82)17-21-83(46,10)84(35,11)67(106)68(85)107)122-76-65(125-71-58(102)49(93)38(89)27-113-71)56(100)52(96)43(121-76)32-117-75-64(50(94)39(90)28-115-75)126-74-60(104)55(99)51(95)42(120-74)30-111-34(3)87/h12,14-15,36-68,70-77,86,88-107,110H,1,13,16-32H2,2-11H3/b33-14+. The first-order valence-corrected chi connectivity index (χ1v) is 44.1. The molecule has 0 spiro atoms. The van der Waals surface area contributed by atoms with Crippen molar-refractivity contribution >= 4 is 17.9 Å². The average molecular weight is 1840 g/mol. The van der Waals surface area contributed by atoms with Gasteiger partial charge in [0.2, 0.25) is 6.29 Å². The minimum Gasteiger partial charge on any atom is -0.463 e. The second-order valence-electron chi connectivity index (χ2n) is 39.4. The number of ether oxygens (including phenoxy) is 18. The Morgan fingerprint density at radius 3 is 1.65 bits per heavy atom. The molecule has 46 unspecified atom stereocenters. The zero-order valence-corrected chi connectivity index (χ0v) is 73.3. The van der Waals surface area contributed by atoms with Crippen molar-refractivity contribution in [2.75, 3.05) is 52.9 Å². The number of esters is 3. The van der Waals surface area contributed by atoms with Crippen molar-refractivity contribution in [3.63, 3.8) is 0 Å². The van der Waals surface area contributed by atoms with E-state index < -0.39 is 348 Å². The monoisotopic (exact) mass is 1840 g/mol. The highest BCUT2D eigenvalue weighted by atomic mass is 16.8. The molecular formula is C85H134O43. The Morgan fingerprint density at radius 2 is 1.02 bits per heavy atom. The summed E-state index contributed by atoms with van der Waals surface area (Å²) >= 11 is 0. The second kappa shape index (κ2) is 39.7. The average Bonchev–Trinajstić information content (AvgIpc) is 0.662. The van der Waals surface area contributed by atoms with Crippen LogP contribution in [-0.4, -0.2) is 422 Å². The van der Waals surface area contributed by atoms with E-state index in [2.05, 4.69) is 20.4 Å². The van der Waals surface area contributed by atoms with Crippen molar-refractivity contribution < 1.29 is 212 Å². The number of carbonyl (C=O) groups excluding carboxylic acids is 3. The predicted molar refractivity (Wildman–Crippen MR) is 423 cm³/mol. The van der Waals surface area contributed by atoms with Crippen molar-refractivity contribution in [1.29, 1.82) is 0 Å². The fourth-order valence-corrected chi connectivity index (χ4v) is 22.3. The fraction of sp³-hybridized carbons (Fsp3) is 0.894. The molecule has 0 radical (unpaired) electrons. The fourth-order valence-electron chi connectivity index (χ4n) is 22.3. The molecule has 12 fully saturated rings. The van der Waals surface area contributed by atoms with Crippen LogP contribution in [0.1, 0.15) is 133 Å². The molecule has 0 aromatic heterocycles. The first kappa shape index (κ1) is 102. The highest BCUT2D eigenvalue weighted by Gasteiger charge is 2.76. The van der Waals surface area contributed by atoms with Gasteiger partial charge in [0.25, 0.3) is 0 Å². The minimum absolute atomic E-state index is 0.0564. The van der Waals surface area contributed by atoms with Crippen LogP contribution < -0.4 is 0 Å². The Balaban J connectivity index is 0.753. The normalized spacial score (nSPS) is 50.2. The maximum Gasteiger partial charge on any atom is 0.333 e. The maximum absolute atomic E-state index is 16.3. The molecule has 4 saturated carbocycles. The number of carbonyl (C=O) groups is 3. The van der Waals surface area contributed by atoms with Crippen LogP contribution in [0.3, 0.4) is 0 Å². The summed E-state index contributed by atoms with van der Waals surface area (Å²) in [5.41, 5.74) is -7.04. The van der Waals surface area contributed by atoms with Crippen molar-refractivity contribution in [2.24, 2.45) is 50.2 Å². The molecule has 732 valence electrons. The molecule has 22 N–H and O–H groups in total.